The standard InChI is InChI=1S/C58H22F16O4S2.2C2H6/c1-3-25-13-11-19-29(21-25)75-51-35(59)43(67)55(44(68)36(51)60)79-57-47(71)39(63)53(40(64)48(57)72)77-33-23-32(28-17-9-6-10-18-28)34(24-31(33)27-15-7-5-8-16-27)78-54-41(65)49(73)58(50(74)42(54)66)80-56-45(69)37(61)52(38(62)46(56)70)76-30-20-12-14-26(4-2)22-30;2*1-2/h1-2,5-24H;2*1-2H3. The molecule has 9 aromatic carbocycles. The first kappa shape index (κ1) is 62.5. The van der Waals surface area contributed by atoms with Crippen molar-refractivity contribution in [3.63, 3.8) is 0 Å². The Hall–Kier alpha value is -9.12. The van der Waals surface area contributed by atoms with Gasteiger partial charge < -0.3 is 18.9 Å². The first-order valence-corrected chi connectivity index (χ1v) is 25.8. The Labute approximate surface area is 476 Å². The molecule has 22 heteroatoms. The van der Waals surface area contributed by atoms with E-state index >= 15 is 70.2 Å². The highest BCUT2D eigenvalue weighted by atomic mass is 32.2. The second-order valence-corrected chi connectivity index (χ2v) is 18.2. The lowest BCUT2D eigenvalue weighted by molar-refractivity contribution is 0.348. The van der Waals surface area contributed by atoms with Crippen molar-refractivity contribution < 1.29 is 89.2 Å². The van der Waals surface area contributed by atoms with E-state index in [-0.39, 0.29) is 22.3 Å². The highest BCUT2D eigenvalue weighted by Crippen LogP contribution is 2.50. The lowest BCUT2D eigenvalue weighted by atomic mass is 9.97. The van der Waals surface area contributed by atoms with Gasteiger partial charge in [-0.15, -0.1) is 12.8 Å². The van der Waals surface area contributed by atoms with Gasteiger partial charge in [0.2, 0.25) is 69.5 Å². The van der Waals surface area contributed by atoms with Crippen molar-refractivity contribution in [1.29, 1.82) is 0 Å². The molecule has 0 bridgehead atoms. The maximum absolute atomic E-state index is 16.1. The minimum absolute atomic E-state index is 0.0295. The summed E-state index contributed by atoms with van der Waals surface area (Å²) in [7, 11) is 0. The molecule has 0 heterocycles. The maximum Gasteiger partial charge on any atom is 0.205 e. The van der Waals surface area contributed by atoms with Gasteiger partial charge in [-0.1, -0.05) is 136 Å². The third-order valence-electron chi connectivity index (χ3n) is 11.3. The molecular weight excluding hydrogens is 1180 g/mol. The van der Waals surface area contributed by atoms with Gasteiger partial charge in [0.15, 0.2) is 46.5 Å². The van der Waals surface area contributed by atoms with E-state index in [1.54, 1.807) is 0 Å². The molecule has 0 spiro atoms. The van der Waals surface area contributed by atoms with E-state index in [1.807, 2.05) is 27.7 Å². The van der Waals surface area contributed by atoms with Crippen LogP contribution in [0.3, 0.4) is 0 Å². The second-order valence-electron chi connectivity index (χ2n) is 16.2. The van der Waals surface area contributed by atoms with Gasteiger partial charge in [0.05, 0.1) is 19.6 Å². The fourth-order valence-corrected chi connectivity index (χ4v) is 9.30. The van der Waals surface area contributed by atoms with Crippen molar-refractivity contribution in [3.05, 3.63) is 226 Å². The molecule has 9 rings (SSSR count). The van der Waals surface area contributed by atoms with Crippen LogP contribution in [0.1, 0.15) is 38.8 Å². The molecule has 0 saturated carbocycles. The Morgan fingerprint density at radius 1 is 0.298 bits per heavy atom. The Morgan fingerprint density at radius 2 is 0.548 bits per heavy atom. The smallest absolute Gasteiger partial charge is 0.205 e. The molecule has 0 atom stereocenters. The Kier molecular flexibility index (Phi) is 20.0. The Bertz CT molecular complexity index is 3700. The van der Waals surface area contributed by atoms with Crippen molar-refractivity contribution in [2.45, 2.75) is 47.3 Å². The van der Waals surface area contributed by atoms with Gasteiger partial charge in [-0.2, -0.15) is 35.1 Å². The molecule has 0 N–H and O–H groups in total. The zero-order chi connectivity index (χ0) is 61.4. The largest absolute Gasteiger partial charge is 0.451 e. The minimum atomic E-state index is -2.41. The number of ether oxygens (including phenoxy) is 4. The Balaban J connectivity index is 0.00000248. The number of benzene rings is 9. The van der Waals surface area contributed by atoms with Crippen molar-refractivity contribution in [3.8, 4) is 92.9 Å². The van der Waals surface area contributed by atoms with Crippen LogP contribution in [0.2, 0.25) is 0 Å². The fraction of sp³-hybridized carbons (Fsp3) is 0.0645. The zero-order valence-corrected chi connectivity index (χ0v) is 44.8. The Morgan fingerprint density at radius 3 is 0.798 bits per heavy atom. The number of hydrogen-bond acceptors (Lipinski definition) is 6. The van der Waals surface area contributed by atoms with Gasteiger partial charge in [-0.3, -0.25) is 0 Å². The summed E-state index contributed by atoms with van der Waals surface area (Å²) < 4.78 is 272. The van der Waals surface area contributed by atoms with Crippen LogP contribution in [-0.4, -0.2) is 0 Å². The highest BCUT2D eigenvalue weighted by molar-refractivity contribution is 7.99. The highest BCUT2D eigenvalue weighted by Gasteiger charge is 2.36. The van der Waals surface area contributed by atoms with Gasteiger partial charge in [0.25, 0.3) is 0 Å². The molecule has 0 radical (unpaired) electrons. The normalized spacial score (nSPS) is 10.7. The summed E-state index contributed by atoms with van der Waals surface area (Å²) in [6.07, 6.45) is 10.6. The van der Waals surface area contributed by atoms with Gasteiger partial charge in [-0.05, 0) is 59.7 Å². The van der Waals surface area contributed by atoms with Crippen LogP contribution in [0.5, 0.6) is 46.0 Å². The molecule has 4 nitrogen and oxygen atoms in total. The molecule has 0 aliphatic heterocycles. The van der Waals surface area contributed by atoms with E-state index in [0.29, 0.717) is 0 Å². The fourth-order valence-electron chi connectivity index (χ4n) is 7.46. The number of halogens is 16. The number of hydrogen-bond donors (Lipinski definition) is 0. The average molecular weight is 1210 g/mol. The SMILES string of the molecule is C#Cc1cccc(Oc2c(F)c(F)c(Sc3c(F)c(F)c(Oc4cc(-c5ccccc5)c(Oc5c(F)c(F)c(Sc6c(F)c(F)c(Oc7cccc(C#C)c7)c(F)c6F)c(F)c5F)cc4-c4ccccc4)c(F)c3F)c(F)c2F)c1.CC.CC. The molecule has 84 heavy (non-hydrogen) atoms. The number of terminal acetylenes is 2. The molecule has 0 aromatic heterocycles. The van der Waals surface area contributed by atoms with Gasteiger partial charge in [0, 0.05) is 22.3 Å². The summed E-state index contributed by atoms with van der Waals surface area (Å²) in [5, 5.41) is 0. The molecule has 0 saturated heterocycles. The molecule has 0 amide bonds. The van der Waals surface area contributed by atoms with Crippen LogP contribution >= 0.6 is 23.5 Å². The average Bonchev–Trinajstić information content (AvgIpc) is 1.61. The van der Waals surface area contributed by atoms with Crippen LogP contribution in [0, 0.1) is 118 Å². The molecule has 0 unspecified atom stereocenters. The minimum Gasteiger partial charge on any atom is -0.451 e. The number of rotatable bonds is 14. The molecule has 0 aliphatic rings. The summed E-state index contributed by atoms with van der Waals surface area (Å²) >= 11 is -1.61. The molecule has 0 aliphatic carbocycles. The predicted molar refractivity (Wildman–Crippen MR) is 282 cm³/mol. The third kappa shape index (κ3) is 12.3. The monoisotopic (exact) mass is 1210 g/mol. The van der Waals surface area contributed by atoms with Crippen LogP contribution in [0.15, 0.2) is 141 Å². The van der Waals surface area contributed by atoms with Gasteiger partial charge in [-0.25, -0.2) is 35.1 Å². The van der Waals surface area contributed by atoms with E-state index < -0.39 is 193 Å². The summed E-state index contributed by atoms with van der Waals surface area (Å²) in [5.74, 6) is -42.4. The predicted octanol–water partition coefficient (Wildman–Crippen LogP) is 20.7. The van der Waals surface area contributed by atoms with E-state index in [1.165, 1.54) is 84.9 Å². The molecule has 430 valence electrons. The molecular formula is C62H34F16O4S2. The summed E-state index contributed by atoms with van der Waals surface area (Å²) in [4.78, 5) is -7.38. The van der Waals surface area contributed by atoms with E-state index in [0.717, 1.165) is 36.4 Å². The lowest BCUT2D eigenvalue weighted by Gasteiger charge is -2.20. The van der Waals surface area contributed by atoms with Gasteiger partial charge in [0.1, 0.15) is 23.0 Å². The van der Waals surface area contributed by atoms with E-state index in [4.69, 9.17) is 31.8 Å². The zero-order valence-electron chi connectivity index (χ0n) is 43.2. The van der Waals surface area contributed by atoms with Crippen molar-refractivity contribution >= 4 is 23.5 Å². The quantitative estimate of drug-likeness (QED) is 0.0614. The summed E-state index contributed by atoms with van der Waals surface area (Å²) in [5.41, 5.74) is -0.644. The summed E-state index contributed by atoms with van der Waals surface area (Å²) in [6.45, 7) is 8.00. The first-order chi connectivity index (χ1) is 40.2. The van der Waals surface area contributed by atoms with Crippen LogP contribution in [0.4, 0.5) is 70.2 Å². The molecule has 0 fully saturated rings. The third-order valence-corrected chi connectivity index (χ3v) is 13.5. The van der Waals surface area contributed by atoms with Crippen molar-refractivity contribution in [1.82, 2.24) is 0 Å². The van der Waals surface area contributed by atoms with E-state index in [9.17, 15) is 0 Å². The van der Waals surface area contributed by atoms with Crippen LogP contribution < -0.4 is 18.9 Å². The van der Waals surface area contributed by atoms with Crippen LogP contribution in [0.25, 0.3) is 22.3 Å². The van der Waals surface area contributed by atoms with Crippen molar-refractivity contribution in [2.75, 3.05) is 0 Å². The topological polar surface area (TPSA) is 36.9 Å². The van der Waals surface area contributed by atoms with Crippen LogP contribution in [-0.2, 0) is 0 Å². The van der Waals surface area contributed by atoms with E-state index in [2.05, 4.69) is 11.8 Å². The first-order valence-electron chi connectivity index (χ1n) is 24.2. The molecule has 9 aromatic rings. The van der Waals surface area contributed by atoms with Gasteiger partial charge >= 0.3 is 0 Å². The van der Waals surface area contributed by atoms with Crippen molar-refractivity contribution in [2.24, 2.45) is 0 Å². The summed E-state index contributed by atoms with van der Waals surface area (Å²) in [6, 6.07) is 24.9. The maximum atomic E-state index is 16.1. The lowest BCUT2D eigenvalue weighted by Crippen LogP contribution is -2.07. The second kappa shape index (κ2) is 26.9.